The molecule has 7 rings (SSSR count). The Morgan fingerprint density at radius 2 is 2.06 bits per heavy atom. The number of anilines is 1. The third-order valence-corrected chi connectivity index (χ3v) is 7.32. The lowest BCUT2D eigenvalue weighted by molar-refractivity contribution is 0.0154. The fourth-order valence-electron chi connectivity index (χ4n) is 5.53. The number of ether oxygens (including phenoxy) is 2. The zero-order valence-electron chi connectivity index (χ0n) is 19.9. The van der Waals surface area contributed by atoms with Crippen molar-refractivity contribution in [2.24, 2.45) is 5.92 Å². The fraction of sp³-hybridized carbons (Fsp3) is 0.520. The number of nitrogens with one attached hydrogen (secondary N) is 1. The van der Waals surface area contributed by atoms with E-state index in [4.69, 9.17) is 14.5 Å². The number of pyridine rings is 1. The highest BCUT2D eigenvalue weighted by atomic mass is 16.5. The van der Waals surface area contributed by atoms with E-state index in [9.17, 15) is 9.59 Å². The van der Waals surface area contributed by atoms with Gasteiger partial charge in [-0.05, 0) is 58.1 Å². The van der Waals surface area contributed by atoms with Crippen LogP contribution < -0.4 is 15.6 Å². The summed E-state index contributed by atoms with van der Waals surface area (Å²) in [6, 6.07) is 3.60. The van der Waals surface area contributed by atoms with Gasteiger partial charge < -0.3 is 19.4 Å². The van der Waals surface area contributed by atoms with E-state index >= 15 is 0 Å². The van der Waals surface area contributed by atoms with Crippen molar-refractivity contribution in [1.82, 2.24) is 18.9 Å². The standard InChI is InChI=1S/C25H29N5O4/c1-14(2)34-21-16(20(31)26-17-6-5-7-30(22(17)32)18-8-15(18)3)9-29-10-19(27-23(29)28-21)25-11-24(4,12-25)33-13-25/h5-7,9-10,14-15,18H,8,11-13H2,1-4H3,(H,26,31). The lowest BCUT2D eigenvalue weighted by Crippen LogP contribution is -2.45. The number of rotatable bonds is 6. The van der Waals surface area contributed by atoms with Crippen LogP contribution >= 0.6 is 0 Å². The van der Waals surface area contributed by atoms with E-state index in [0.717, 1.165) is 25.0 Å². The summed E-state index contributed by atoms with van der Waals surface area (Å²) in [5.74, 6) is 0.692. The van der Waals surface area contributed by atoms with Gasteiger partial charge >= 0.3 is 0 Å². The molecule has 0 spiro atoms. The van der Waals surface area contributed by atoms with Crippen molar-refractivity contribution < 1.29 is 14.3 Å². The van der Waals surface area contributed by atoms with Crippen LogP contribution in [-0.4, -0.2) is 43.2 Å². The normalized spacial score (nSPS) is 29.3. The smallest absolute Gasteiger partial charge is 0.274 e. The lowest BCUT2D eigenvalue weighted by atomic mass is 9.62. The van der Waals surface area contributed by atoms with Crippen molar-refractivity contribution in [3.05, 3.63) is 52.3 Å². The number of carbonyl (C=O) groups excluding carboxylic acids is 1. The van der Waals surface area contributed by atoms with Crippen LogP contribution in [0.2, 0.25) is 0 Å². The molecule has 178 valence electrons. The molecule has 9 heteroatoms. The van der Waals surface area contributed by atoms with Crippen LogP contribution in [0.3, 0.4) is 0 Å². The first-order valence-electron chi connectivity index (χ1n) is 11.9. The summed E-state index contributed by atoms with van der Waals surface area (Å²) in [7, 11) is 0. The minimum atomic E-state index is -0.447. The Balaban J connectivity index is 1.35. The van der Waals surface area contributed by atoms with Crippen LogP contribution in [0.5, 0.6) is 5.88 Å². The lowest BCUT2D eigenvalue weighted by Gasteiger charge is -2.41. The zero-order chi connectivity index (χ0) is 23.8. The first-order valence-corrected chi connectivity index (χ1v) is 11.9. The Hall–Kier alpha value is -3.20. The van der Waals surface area contributed by atoms with Gasteiger partial charge in [-0.3, -0.25) is 14.0 Å². The molecule has 5 heterocycles. The first kappa shape index (κ1) is 21.3. The molecule has 2 bridgehead atoms. The molecule has 2 saturated carbocycles. The van der Waals surface area contributed by atoms with Gasteiger partial charge in [-0.25, -0.2) is 4.98 Å². The van der Waals surface area contributed by atoms with Gasteiger partial charge in [-0.15, -0.1) is 0 Å². The molecule has 2 aliphatic heterocycles. The van der Waals surface area contributed by atoms with Crippen molar-refractivity contribution >= 4 is 17.4 Å². The van der Waals surface area contributed by atoms with Crippen molar-refractivity contribution in [2.75, 3.05) is 11.9 Å². The Morgan fingerprint density at radius 3 is 2.71 bits per heavy atom. The van der Waals surface area contributed by atoms with E-state index in [0.29, 0.717) is 18.3 Å². The highest BCUT2D eigenvalue weighted by Gasteiger charge is 2.61. The van der Waals surface area contributed by atoms with Gasteiger partial charge in [-0.1, -0.05) is 6.92 Å². The van der Waals surface area contributed by atoms with Crippen molar-refractivity contribution in [3.63, 3.8) is 0 Å². The molecule has 3 aromatic rings. The van der Waals surface area contributed by atoms with Gasteiger partial charge in [0.15, 0.2) is 0 Å². The predicted molar refractivity (Wildman–Crippen MR) is 125 cm³/mol. The summed E-state index contributed by atoms with van der Waals surface area (Å²) in [4.78, 5) is 35.6. The quantitative estimate of drug-likeness (QED) is 0.602. The molecule has 2 aliphatic carbocycles. The second-order valence-corrected chi connectivity index (χ2v) is 10.7. The number of nitrogens with zero attached hydrogens (tertiary/aromatic N) is 4. The molecule has 2 saturated heterocycles. The molecule has 0 radical (unpaired) electrons. The number of imidazole rings is 1. The highest BCUT2D eigenvalue weighted by Crippen LogP contribution is 2.58. The SMILES string of the molecule is CC(C)Oc1nc2nc(C34COC(C)(C3)C4)cn2cc1C(=O)Nc1cccn(C2CC2C)c1=O. The molecular weight excluding hydrogens is 434 g/mol. The molecule has 9 nitrogen and oxygen atoms in total. The van der Waals surface area contributed by atoms with Crippen molar-refractivity contribution in [2.45, 2.75) is 70.1 Å². The summed E-state index contributed by atoms with van der Waals surface area (Å²) < 4.78 is 15.3. The van der Waals surface area contributed by atoms with Gasteiger partial charge in [0.2, 0.25) is 11.7 Å². The molecule has 1 amide bonds. The summed E-state index contributed by atoms with van der Waals surface area (Å²) in [5, 5.41) is 2.78. The second-order valence-electron chi connectivity index (χ2n) is 10.7. The highest BCUT2D eigenvalue weighted by molar-refractivity contribution is 6.05. The van der Waals surface area contributed by atoms with Gasteiger partial charge in [-0.2, -0.15) is 4.98 Å². The summed E-state index contributed by atoms with van der Waals surface area (Å²) in [5.41, 5.74) is 1.07. The maximum Gasteiger partial charge on any atom is 0.274 e. The third-order valence-electron chi connectivity index (χ3n) is 7.32. The molecule has 1 N–H and O–H groups in total. The van der Waals surface area contributed by atoms with Crippen molar-refractivity contribution in [3.8, 4) is 5.88 Å². The van der Waals surface area contributed by atoms with Crippen LogP contribution in [0, 0.1) is 5.92 Å². The van der Waals surface area contributed by atoms with E-state index in [1.165, 1.54) is 0 Å². The van der Waals surface area contributed by atoms with Crippen LogP contribution in [0.15, 0.2) is 35.5 Å². The minimum Gasteiger partial charge on any atom is -0.474 e. The van der Waals surface area contributed by atoms with E-state index in [2.05, 4.69) is 24.1 Å². The summed E-state index contributed by atoms with van der Waals surface area (Å²) >= 11 is 0. The number of carbonyl (C=O) groups is 1. The Kier molecular flexibility index (Phi) is 4.49. The molecule has 2 atom stereocenters. The number of hydrogen-bond acceptors (Lipinski definition) is 6. The van der Waals surface area contributed by atoms with E-state index < -0.39 is 5.91 Å². The van der Waals surface area contributed by atoms with Crippen molar-refractivity contribution in [1.29, 1.82) is 0 Å². The maximum atomic E-state index is 13.3. The van der Waals surface area contributed by atoms with Gasteiger partial charge in [0, 0.05) is 30.0 Å². The molecule has 34 heavy (non-hydrogen) atoms. The molecule has 4 aliphatic rings. The van der Waals surface area contributed by atoms with Crippen LogP contribution in [0.1, 0.15) is 69.1 Å². The first-order chi connectivity index (χ1) is 16.2. The molecule has 3 aromatic heterocycles. The minimum absolute atomic E-state index is 0.0545. The second kappa shape index (κ2) is 7.15. The molecular formula is C25H29N5O4. The Bertz CT molecular complexity index is 1370. The molecule has 0 aromatic carbocycles. The predicted octanol–water partition coefficient (Wildman–Crippen LogP) is 3.33. The summed E-state index contributed by atoms with van der Waals surface area (Å²) in [6.45, 7) is 8.64. The average molecular weight is 464 g/mol. The topological polar surface area (TPSA) is 99.8 Å². The van der Waals surface area contributed by atoms with E-state index in [1.807, 2.05) is 20.0 Å². The monoisotopic (exact) mass is 463 g/mol. The average Bonchev–Trinajstić information content (AvgIpc) is 3.08. The Labute approximate surface area is 197 Å². The van der Waals surface area contributed by atoms with Gasteiger partial charge in [0.1, 0.15) is 11.3 Å². The number of aromatic nitrogens is 4. The van der Waals surface area contributed by atoms with Crippen LogP contribution in [0.4, 0.5) is 5.69 Å². The molecule has 4 fully saturated rings. The zero-order valence-corrected chi connectivity index (χ0v) is 19.9. The number of amides is 1. The Morgan fingerprint density at radius 1 is 1.29 bits per heavy atom. The largest absolute Gasteiger partial charge is 0.474 e. The fourth-order valence-corrected chi connectivity index (χ4v) is 5.53. The number of hydrogen-bond donors (Lipinski definition) is 1. The molecule has 2 unspecified atom stereocenters. The van der Waals surface area contributed by atoms with Gasteiger partial charge in [0.05, 0.1) is 24.0 Å². The third kappa shape index (κ3) is 3.33. The van der Waals surface area contributed by atoms with E-state index in [-0.39, 0.29) is 45.9 Å². The van der Waals surface area contributed by atoms with E-state index in [1.54, 1.807) is 33.5 Å². The maximum absolute atomic E-state index is 13.3. The van der Waals surface area contributed by atoms with Crippen LogP contribution in [-0.2, 0) is 10.2 Å². The summed E-state index contributed by atoms with van der Waals surface area (Å²) in [6.07, 6.45) is 8.04. The van der Waals surface area contributed by atoms with Gasteiger partial charge in [0.25, 0.3) is 11.5 Å². The van der Waals surface area contributed by atoms with Crippen LogP contribution in [0.25, 0.3) is 5.78 Å². The number of fused-ring (bicyclic) bond motifs is 2.